The molecule has 1 N–H and O–H groups in total. The maximum Gasteiger partial charge on any atom is 0.255 e. The number of halogens is 1. The first kappa shape index (κ1) is 16.8. The fraction of sp³-hybridized carbons (Fsp3) is 0.0476. The van der Waals surface area contributed by atoms with Gasteiger partial charge in [-0.3, -0.25) is 9.59 Å². The molecule has 0 fully saturated rings. The van der Waals surface area contributed by atoms with Crippen molar-refractivity contribution >= 4 is 33.5 Å². The highest BCUT2D eigenvalue weighted by molar-refractivity contribution is 6.05. The van der Waals surface area contributed by atoms with Crippen LogP contribution < -0.4 is 15.5 Å². The van der Waals surface area contributed by atoms with Crippen molar-refractivity contribution in [1.82, 2.24) is 0 Å². The molecule has 0 aliphatic rings. The van der Waals surface area contributed by atoms with Gasteiger partial charge in [0.1, 0.15) is 11.3 Å². The Bertz CT molecular complexity index is 1230. The van der Waals surface area contributed by atoms with Crippen molar-refractivity contribution in [2.75, 3.05) is 12.4 Å². The summed E-state index contributed by atoms with van der Waals surface area (Å²) < 4.78 is 24.6. The molecule has 134 valence electrons. The molecule has 4 aromatic rings. The van der Waals surface area contributed by atoms with Crippen molar-refractivity contribution in [3.63, 3.8) is 0 Å². The average Bonchev–Trinajstić information content (AvgIpc) is 2.69. The lowest BCUT2D eigenvalue weighted by Crippen LogP contribution is -2.12. The van der Waals surface area contributed by atoms with E-state index in [2.05, 4.69) is 5.32 Å². The molecule has 1 amide bonds. The third-order valence-corrected chi connectivity index (χ3v) is 4.26. The Labute approximate surface area is 153 Å². The van der Waals surface area contributed by atoms with E-state index in [1.165, 1.54) is 24.3 Å². The molecule has 0 bridgehead atoms. The van der Waals surface area contributed by atoms with Crippen molar-refractivity contribution in [3.05, 3.63) is 82.3 Å². The van der Waals surface area contributed by atoms with Crippen LogP contribution in [0.4, 0.5) is 10.1 Å². The number of amides is 1. The predicted octanol–water partition coefficient (Wildman–Crippen LogP) is 4.35. The largest absolute Gasteiger partial charge is 0.497 e. The number of methoxy groups -OCH3 is 1. The number of benzene rings is 3. The quantitative estimate of drug-likeness (QED) is 0.550. The number of hydrogen-bond donors (Lipinski definition) is 1. The third-order valence-electron chi connectivity index (χ3n) is 4.26. The van der Waals surface area contributed by atoms with Crippen LogP contribution >= 0.6 is 0 Å². The Hall–Kier alpha value is -3.67. The highest BCUT2D eigenvalue weighted by Gasteiger charge is 2.12. The van der Waals surface area contributed by atoms with E-state index in [-0.39, 0.29) is 27.9 Å². The number of hydrogen-bond acceptors (Lipinski definition) is 4. The Morgan fingerprint density at radius 2 is 1.81 bits per heavy atom. The summed E-state index contributed by atoms with van der Waals surface area (Å²) in [5.41, 5.74) is 0.654. The van der Waals surface area contributed by atoms with Crippen molar-refractivity contribution < 1.29 is 18.3 Å². The summed E-state index contributed by atoms with van der Waals surface area (Å²) in [6.07, 6.45) is 0. The molecule has 6 heteroatoms. The lowest BCUT2D eigenvalue weighted by Gasteiger charge is -2.08. The lowest BCUT2D eigenvalue weighted by molar-refractivity contribution is 0.102. The molecule has 0 aliphatic heterocycles. The Balaban J connectivity index is 1.72. The average molecular weight is 363 g/mol. The van der Waals surface area contributed by atoms with Gasteiger partial charge in [0.25, 0.3) is 5.91 Å². The van der Waals surface area contributed by atoms with E-state index < -0.39 is 5.82 Å². The highest BCUT2D eigenvalue weighted by Crippen LogP contribution is 2.24. The van der Waals surface area contributed by atoms with Gasteiger partial charge in [-0.25, -0.2) is 4.39 Å². The van der Waals surface area contributed by atoms with Crippen LogP contribution in [-0.4, -0.2) is 13.0 Å². The fourth-order valence-electron chi connectivity index (χ4n) is 2.86. The zero-order valence-electron chi connectivity index (χ0n) is 14.3. The maximum atomic E-state index is 14.0. The zero-order chi connectivity index (χ0) is 19.0. The van der Waals surface area contributed by atoms with E-state index in [0.717, 1.165) is 0 Å². The summed E-state index contributed by atoms with van der Waals surface area (Å²) in [5.74, 6) is -0.293. The monoisotopic (exact) mass is 363 g/mol. The molecule has 5 nitrogen and oxygen atoms in total. The van der Waals surface area contributed by atoms with Gasteiger partial charge in [-0.2, -0.15) is 0 Å². The maximum absolute atomic E-state index is 14.0. The summed E-state index contributed by atoms with van der Waals surface area (Å²) in [5, 5.41) is 3.23. The molecule has 0 spiro atoms. The number of carbonyl (C=O) groups is 1. The predicted molar refractivity (Wildman–Crippen MR) is 101 cm³/mol. The van der Waals surface area contributed by atoms with Crippen molar-refractivity contribution in [1.29, 1.82) is 0 Å². The van der Waals surface area contributed by atoms with E-state index in [1.54, 1.807) is 43.5 Å². The fourth-order valence-corrected chi connectivity index (χ4v) is 2.86. The molecule has 0 aliphatic carbocycles. The number of para-hydroxylation sites is 1. The van der Waals surface area contributed by atoms with Gasteiger partial charge < -0.3 is 14.5 Å². The summed E-state index contributed by atoms with van der Waals surface area (Å²) in [6.45, 7) is 0. The minimum Gasteiger partial charge on any atom is -0.497 e. The number of ether oxygens (including phenoxy) is 1. The highest BCUT2D eigenvalue weighted by atomic mass is 19.1. The van der Waals surface area contributed by atoms with Crippen LogP contribution in [0.2, 0.25) is 0 Å². The van der Waals surface area contributed by atoms with Gasteiger partial charge in [0, 0.05) is 17.3 Å². The van der Waals surface area contributed by atoms with Crippen molar-refractivity contribution in [3.8, 4) is 5.75 Å². The molecule has 0 atom stereocenters. The smallest absolute Gasteiger partial charge is 0.255 e. The van der Waals surface area contributed by atoms with E-state index in [4.69, 9.17) is 9.15 Å². The minimum atomic E-state index is -0.612. The standard InChI is InChI=1S/C21H14FNO4/c1-26-14-8-5-12(6-9-14)21(25)23-13-7-10-15-18(11-13)27-20-16(19(15)24)3-2-4-17(20)22/h2-11H,1H3,(H,23,25). The summed E-state index contributed by atoms with van der Waals surface area (Å²) in [7, 11) is 1.55. The second-order valence-electron chi connectivity index (χ2n) is 5.94. The number of fused-ring (bicyclic) bond motifs is 2. The zero-order valence-corrected chi connectivity index (χ0v) is 14.3. The minimum absolute atomic E-state index is 0.103. The van der Waals surface area contributed by atoms with Gasteiger partial charge in [-0.15, -0.1) is 0 Å². The molecule has 4 rings (SSSR count). The van der Waals surface area contributed by atoms with Crippen LogP contribution in [0.25, 0.3) is 21.9 Å². The van der Waals surface area contributed by atoms with Crippen LogP contribution in [0.1, 0.15) is 10.4 Å². The molecule has 1 heterocycles. The van der Waals surface area contributed by atoms with Gasteiger partial charge in [0.2, 0.25) is 5.43 Å². The van der Waals surface area contributed by atoms with Gasteiger partial charge in [-0.05, 0) is 48.5 Å². The van der Waals surface area contributed by atoms with Crippen LogP contribution in [0.5, 0.6) is 5.75 Å². The molecule has 27 heavy (non-hydrogen) atoms. The molecular weight excluding hydrogens is 349 g/mol. The second kappa shape index (κ2) is 6.57. The summed E-state index contributed by atoms with van der Waals surface area (Å²) >= 11 is 0. The molecule has 0 radical (unpaired) electrons. The van der Waals surface area contributed by atoms with Crippen LogP contribution in [0, 0.1) is 5.82 Å². The lowest BCUT2D eigenvalue weighted by atomic mass is 10.1. The Morgan fingerprint density at radius 3 is 2.56 bits per heavy atom. The van der Waals surface area contributed by atoms with E-state index in [0.29, 0.717) is 22.4 Å². The Morgan fingerprint density at radius 1 is 1.04 bits per heavy atom. The van der Waals surface area contributed by atoms with Gasteiger partial charge in [0.05, 0.1) is 17.9 Å². The van der Waals surface area contributed by atoms with Crippen LogP contribution in [0.3, 0.4) is 0 Å². The van der Waals surface area contributed by atoms with Crippen LogP contribution in [-0.2, 0) is 0 Å². The normalized spacial score (nSPS) is 10.9. The molecule has 0 saturated carbocycles. The molecule has 0 unspecified atom stereocenters. The third kappa shape index (κ3) is 3.01. The summed E-state index contributed by atoms with van der Waals surface area (Å²) in [6, 6.07) is 15.5. The van der Waals surface area contributed by atoms with Crippen LogP contribution in [0.15, 0.2) is 69.9 Å². The first-order valence-electron chi connectivity index (χ1n) is 8.17. The Kier molecular flexibility index (Phi) is 4.08. The van der Waals surface area contributed by atoms with E-state index >= 15 is 0 Å². The SMILES string of the molecule is COc1ccc(C(=O)Nc2ccc3c(=O)c4cccc(F)c4oc3c2)cc1. The topological polar surface area (TPSA) is 68.5 Å². The number of nitrogens with one attached hydrogen (secondary N) is 1. The van der Waals surface area contributed by atoms with Gasteiger partial charge in [0.15, 0.2) is 11.4 Å². The van der Waals surface area contributed by atoms with Gasteiger partial charge >= 0.3 is 0 Å². The second-order valence-corrected chi connectivity index (χ2v) is 5.94. The molecule has 0 saturated heterocycles. The first-order chi connectivity index (χ1) is 13.1. The number of anilines is 1. The van der Waals surface area contributed by atoms with Crippen molar-refractivity contribution in [2.45, 2.75) is 0 Å². The number of rotatable bonds is 3. The molecule has 1 aromatic heterocycles. The number of carbonyl (C=O) groups excluding carboxylic acids is 1. The van der Waals surface area contributed by atoms with E-state index in [9.17, 15) is 14.0 Å². The van der Waals surface area contributed by atoms with Gasteiger partial charge in [-0.1, -0.05) is 6.07 Å². The molecular formula is C21H14FNO4. The summed E-state index contributed by atoms with van der Waals surface area (Å²) in [4.78, 5) is 24.9. The van der Waals surface area contributed by atoms with Crippen molar-refractivity contribution in [2.24, 2.45) is 0 Å². The first-order valence-corrected chi connectivity index (χ1v) is 8.17. The molecule has 3 aromatic carbocycles. The van der Waals surface area contributed by atoms with E-state index in [1.807, 2.05) is 0 Å².